The van der Waals surface area contributed by atoms with Gasteiger partial charge in [0.1, 0.15) is 0 Å². The molecule has 0 aromatic carbocycles. The quantitative estimate of drug-likeness (QED) is 0.706. The van der Waals surface area contributed by atoms with Crippen LogP contribution in [0.5, 0.6) is 0 Å². The largest absolute Gasteiger partial charge is 0.431 e. The predicted molar refractivity (Wildman–Crippen MR) is 105 cm³/mol. The van der Waals surface area contributed by atoms with Gasteiger partial charge in [0.15, 0.2) is 0 Å². The van der Waals surface area contributed by atoms with Crippen molar-refractivity contribution in [3.63, 3.8) is 0 Å². The molecule has 0 amide bonds. The number of hydrogen-bond donors (Lipinski definition) is 1. The number of rotatable bonds is 1. The first-order valence-corrected chi connectivity index (χ1v) is 10.9. The Bertz CT molecular complexity index is 805. The van der Waals surface area contributed by atoms with Crippen LogP contribution >= 0.6 is 0 Å². The highest BCUT2D eigenvalue weighted by Gasteiger charge is 2.66. The van der Waals surface area contributed by atoms with E-state index in [-0.39, 0.29) is 17.0 Å². The van der Waals surface area contributed by atoms with E-state index in [1.54, 1.807) is 6.26 Å². The summed E-state index contributed by atoms with van der Waals surface area (Å²) in [7, 11) is 0. The van der Waals surface area contributed by atoms with Gasteiger partial charge in [-0.3, -0.25) is 0 Å². The van der Waals surface area contributed by atoms with E-state index in [0.29, 0.717) is 23.2 Å². The maximum absolute atomic E-state index is 12.1. The van der Waals surface area contributed by atoms with Crippen molar-refractivity contribution in [2.75, 3.05) is 0 Å². The fraction of sp³-hybridized carbons (Fsp3) is 0.708. The molecule has 3 heteroatoms. The third-order valence-corrected chi connectivity index (χ3v) is 9.47. The second kappa shape index (κ2) is 5.83. The second-order valence-corrected chi connectivity index (χ2v) is 10.2. The normalized spacial score (nSPS) is 48.6. The lowest BCUT2D eigenvalue weighted by Gasteiger charge is -2.62. The standard InChI is InChI=1S/C24H32O3/c1-22-12-4-3-5-17(22)7-8-20-19(22)10-13-23(2)18(11-14-24(20,23)26)16-6-9-21(25)27-15-16/h3,5-6,9,15,17-20,26H,4,7-8,10-14H2,1-2H3/t17?,18-,19?,20?,22+,23-,24+/m1/s1. The van der Waals surface area contributed by atoms with Gasteiger partial charge in [-0.15, -0.1) is 0 Å². The first kappa shape index (κ1) is 17.7. The molecule has 3 saturated carbocycles. The van der Waals surface area contributed by atoms with Crippen molar-refractivity contribution in [1.29, 1.82) is 0 Å². The third-order valence-electron chi connectivity index (χ3n) is 9.47. The molecule has 0 aliphatic heterocycles. The average molecular weight is 369 g/mol. The topological polar surface area (TPSA) is 50.4 Å². The van der Waals surface area contributed by atoms with Crippen LogP contribution in [-0.2, 0) is 0 Å². The zero-order valence-corrected chi connectivity index (χ0v) is 16.6. The Hall–Kier alpha value is -1.35. The first-order chi connectivity index (χ1) is 12.9. The monoisotopic (exact) mass is 368 g/mol. The molecule has 5 rings (SSSR count). The maximum Gasteiger partial charge on any atom is 0.335 e. The first-order valence-electron chi connectivity index (χ1n) is 10.9. The van der Waals surface area contributed by atoms with Crippen LogP contribution in [0.2, 0.25) is 0 Å². The van der Waals surface area contributed by atoms with Crippen LogP contribution < -0.4 is 5.63 Å². The fourth-order valence-electron chi connectivity index (χ4n) is 7.90. The SMILES string of the molecule is C[C@]12CCC=CC1CCC1C2CC[C@]2(C)[C@@H](c3ccc(=O)oc3)CC[C@]12O. The summed E-state index contributed by atoms with van der Waals surface area (Å²) in [6.45, 7) is 4.81. The van der Waals surface area contributed by atoms with E-state index in [1.165, 1.54) is 31.7 Å². The van der Waals surface area contributed by atoms with E-state index >= 15 is 0 Å². The fourth-order valence-corrected chi connectivity index (χ4v) is 7.90. The molecular formula is C24H32O3. The van der Waals surface area contributed by atoms with E-state index in [4.69, 9.17) is 4.42 Å². The smallest absolute Gasteiger partial charge is 0.335 e. The summed E-state index contributed by atoms with van der Waals surface area (Å²) < 4.78 is 5.18. The molecule has 0 spiro atoms. The van der Waals surface area contributed by atoms with E-state index < -0.39 is 5.60 Å². The Morgan fingerprint density at radius 3 is 2.67 bits per heavy atom. The lowest BCUT2D eigenvalue weighted by molar-refractivity contribution is -0.193. The highest BCUT2D eigenvalue weighted by atomic mass is 16.4. The van der Waals surface area contributed by atoms with Gasteiger partial charge in [-0.1, -0.05) is 26.0 Å². The van der Waals surface area contributed by atoms with Crippen molar-refractivity contribution in [3.8, 4) is 0 Å². The molecule has 1 N–H and O–H groups in total. The Balaban J connectivity index is 1.51. The number of fused-ring (bicyclic) bond motifs is 5. The molecule has 146 valence electrons. The van der Waals surface area contributed by atoms with Gasteiger partial charge in [0.2, 0.25) is 0 Å². The van der Waals surface area contributed by atoms with E-state index in [1.807, 2.05) is 6.07 Å². The summed E-state index contributed by atoms with van der Waals surface area (Å²) in [5.41, 5.74) is 0.435. The second-order valence-electron chi connectivity index (χ2n) is 10.2. The zero-order chi connectivity index (χ0) is 18.9. The van der Waals surface area contributed by atoms with Gasteiger partial charge in [-0.25, -0.2) is 4.79 Å². The number of allylic oxidation sites excluding steroid dienone is 2. The van der Waals surface area contributed by atoms with Crippen molar-refractivity contribution >= 4 is 0 Å². The highest BCUT2D eigenvalue weighted by Crippen LogP contribution is 2.70. The molecule has 1 heterocycles. The van der Waals surface area contributed by atoms with E-state index in [0.717, 1.165) is 31.2 Å². The van der Waals surface area contributed by atoms with Crippen LogP contribution in [0.3, 0.4) is 0 Å². The summed E-state index contributed by atoms with van der Waals surface area (Å²) in [6.07, 6.45) is 15.5. The van der Waals surface area contributed by atoms with Gasteiger partial charge < -0.3 is 9.52 Å². The minimum atomic E-state index is -0.591. The lowest BCUT2D eigenvalue weighted by Crippen LogP contribution is -2.61. The minimum absolute atomic E-state index is 0.123. The molecule has 7 atom stereocenters. The average Bonchev–Trinajstić information content (AvgIpc) is 2.94. The molecule has 0 bridgehead atoms. The van der Waals surface area contributed by atoms with Crippen molar-refractivity contribution in [1.82, 2.24) is 0 Å². The van der Waals surface area contributed by atoms with Gasteiger partial charge in [-0.05, 0) is 92.1 Å². The van der Waals surface area contributed by atoms with Gasteiger partial charge in [0, 0.05) is 11.5 Å². The molecule has 3 fully saturated rings. The molecule has 3 unspecified atom stereocenters. The van der Waals surface area contributed by atoms with Crippen LogP contribution in [0.1, 0.15) is 76.7 Å². The molecule has 4 aliphatic carbocycles. The molecule has 27 heavy (non-hydrogen) atoms. The number of hydrogen-bond acceptors (Lipinski definition) is 3. The molecular weight excluding hydrogens is 336 g/mol. The molecule has 1 aromatic heterocycles. The summed E-state index contributed by atoms with van der Waals surface area (Å²) >= 11 is 0. The molecule has 4 aliphatic rings. The Morgan fingerprint density at radius 2 is 1.89 bits per heavy atom. The molecule has 0 radical (unpaired) electrons. The summed E-state index contributed by atoms with van der Waals surface area (Å²) in [6, 6.07) is 3.45. The molecule has 1 aromatic rings. The molecule has 0 saturated heterocycles. The van der Waals surface area contributed by atoms with Gasteiger partial charge in [-0.2, -0.15) is 0 Å². The van der Waals surface area contributed by atoms with Crippen LogP contribution in [-0.4, -0.2) is 10.7 Å². The Labute approximate surface area is 161 Å². The lowest BCUT2D eigenvalue weighted by atomic mass is 9.44. The third kappa shape index (κ3) is 2.27. The van der Waals surface area contributed by atoms with Crippen molar-refractivity contribution in [3.05, 3.63) is 46.5 Å². The van der Waals surface area contributed by atoms with Crippen molar-refractivity contribution < 1.29 is 9.52 Å². The van der Waals surface area contributed by atoms with Crippen LogP contribution in [0.25, 0.3) is 0 Å². The van der Waals surface area contributed by atoms with Gasteiger partial charge in [0.05, 0.1) is 11.9 Å². The van der Waals surface area contributed by atoms with Crippen molar-refractivity contribution in [2.24, 2.45) is 28.6 Å². The minimum Gasteiger partial charge on any atom is -0.431 e. The Kier molecular flexibility index (Phi) is 3.82. The van der Waals surface area contributed by atoms with Crippen LogP contribution in [0, 0.1) is 28.6 Å². The summed E-state index contributed by atoms with van der Waals surface area (Å²) in [5, 5.41) is 12.1. The van der Waals surface area contributed by atoms with Crippen molar-refractivity contribution in [2.45, 2.75) is 76.7 Å². The summed E-state index contributed by atoms with van der Waals surface area (Å²) in [5.74, 6) is 2.02. The zero-order valence-electron chi connectivity index (χ0n) is 16.6. The maximum atomic E-state index is 12.1. The van der Waals surface area contributed by atoms with Gasteiger partial charge in [0.25, 0.3) is 0 Å². The molecule has 3 nitrogen and oxygen atoms in total. The summed E-state index contributed by atoms with van der Waals surface area (Å²) in [4.78, 5) is 11.4. The Morgan fingerprint density at radius 1 is 1.04 bits per heavy atom. The van der Waals surface area contributed by atoms with E-state index in [2.05, 4.69) is 26.0 Å². The predicted octanol–water partition coefficient (Wildman–Crippen LogP) is 5.05. The highest BCUT2D eigenvalue weighted by molar-refractivity contribution is 5.27. The van der Waals surface area contributed by atoms with Crippen LogP contribution in [0.4, 0.5) is 0 Å². The van der Waals surface area contributed by atoms with Gasteiger partial charge >= 0.3 is 5.63 Å². The number of aliphatic hydroxyl groups is 1. The van der Waals surface area contributed by atoms with E-state index in [9.17, 15) is 9.90 Å². The van der Waals surface area contributed by atoms with Crippen LogP contribution in [0.15, 0.2) is 39.8 Å².